The van der Waals surface area contributed by atoms with Crippen molar-refractivity contribution in [1.82, 2.24) is 0 Å². The second-order valence-electron chi connectivity index (χ2n) is 8.39. The van der Waals surface area contributed by atoms with E-state index in [4.69, 9.17) is 10.8 Å². The molecule has 0 bridgehead atoms. The number of hydrogen-bond acceptors (Lipinski definition) is 4. The van der Waals surface area contributed by atoms with Gasteiger partial charge in [0.2, 0.25) is 0 Å². The number of anilines is 1. The van der Waals surface area contributed by atoms with Gasteiger partial charge in [-0.15, -0.1) is 0 Å². The van der Waals surface area contributed by atoms with Crippen molar-refractivity contribution in [3.05, 3.63) is 101 Å². The van der Waals surface area contributed by atoms with Gasteiger partial charge in [0.25, 0.3) is 0 Å². The molecule has 3 aromatic rings. The van der Waals surface area contributed by atoms with Gasteiger partial charge in [-0.05, 0) is 65.3 Å². The quantitative estimate of drug-likeness (QED) is 0.278. The van der Waals surface area contributed by atoms with Crippen molar-refractivity contribution in [2.75, 3.05) is 5.73 Å². The number of hydrogen-bond donors (Lipinski definition) is 2. The molecule has 0 atom stereocenters. The predicted octanol–water partition coefficient (Wildman–Crippen LogP) is 6.36. The van der Waals surface area contributed by atoms with Gasteiger partial charge in [-0.2, -0.15) is 0 Å². The lowest BCUT2D eigenvalue weighted by Crippen LogP contribution is -2.21. The number of benzene rings is 3. The number of para-hydroxylation sites is 1. The molecule has 0 aromatic heterocycles. The fourth-order valence-corrected chi connectivity index (χ4v) is 4.18. The fourth-order valence-electron chi connectivity index (χ4n) is 3.74. The minimum atomic E-state index is -0.988. The molecule has 4 nitrogen and oxygen atoms in total. The van der Waals surface area contributed by atoms with Crippen LogP contribution >= 0.6 is 11.8 Å². The number of nitrogen functional groups attached to an aromatic ring is 1. The molecule has 0 radical (unpaired) electrons. The van der Waals surface area contributed by atoms with Gasteiger partial charge in [0.15, 0.2) is 5.62 Å². The van der Waals surface area contributed by atoms with Crippen molar-refractivity contribution in [3.63, 3.8) is 0 Å². The Morgan fingerprint density at radius 1 is 1.06 bits per heavy atom. The molecule has 3 aromatic carbocycles. The molecule has 0 amide bonds. The Bertz CT molecular complexity index is 1160. The highest BCUT2D eigenvalue weighted by Gasteiger charge is 2.28. The maximum atomic E-state index is 10.8. The number of allylic oxidation sites excluding steroid dienone is 1. The van der Waals surface area contributed by atoms with Crippen molar-refractivity contribution in [1.29, 1.82) is 0 Å². The molecule has 3 N–H and O–H groups in total. The van der Waals surface area contributed by atoms with Crippen LogP contribution in [0.3, 0.4) is 0 Å². The Kier molecular flexibility index (Phi) is 7.21. The van der Waals surface area contributed by atoms with Crippen molar-refractivity contribution < 1.29 is 14.7 Å². The smallest absolute Gasteiger partial charge is 0.337 e. The van der Waals surface area contributed by atoms with E-state index in [9.17, 15) is 9.59 Å². The monoisotopic (exact) mass is 445 g/mol. The summed E-state index contributed by atoms with van der Waals surface area (Å²) in [6.45, 7) is 6.66. The van der Waals surface area contributed by atoms with Crippen molar-refractivity contribution in [2.45, 2.75) is 37.5 Å². The Hall–Kier alpha value is -3.31. The van der Waals surface area contributed by atoms with Crippen LogP contribution in [-0.4, -0.2) is 16.7 Å². The fraction of sp³-hybridized carbons (Fsp3) is 0.185. The number of rotatable bonds is 4. The number of carboxylic acid groups (broad SMARTS) is 1. The van der Waals surface area contributed by atoms with Gasteiger partial charge >= 0.3 is 5.97 Å². The number of carbonyl (C=O) groups excluding carboxylic acids is 1. The first kappa shape index (κ1) is 23.4. The standard InChI is InChI=1S/C20H20OS.C7H7NO2/c1-14-4-6-15(7-5-14)17-10-11-20(2,3)19-9-8-16(22-13-21)12-18(17)19;8-6-4-2-1-3-5(6)7(9)10/h4-10,12-13H,11H2,1-3H3;1-4H,8H2,(H,9,10). The molecule has 1 aliphatic carbocycles. The van der Waals surface area contributed by atoms with E-state index in [0.717, 1.165) is 16.9 Å². The highest BCUT2D eigenvalue weighted by Crippen LogP contribution is 2.42. The van der Waals surface area contributed by atoms with E-state index in [1.165, 1.54) is 45.7 Å². The zero-order valence-corrected chi connectivity index (χ0v) is 19.3. The van der Waals surface area contributed by atoms with Crippen LogP contribution in [0.25, 0.3) is 5.57 Å². The van der Waals surface area contributed by atoms with E-state index in [0.29, 0.717) is 5.69 Å². The van der Waals surface area contributed by atoms with E-state index in [1.54, 1.807) is 18.2 Å². The van der Waals surface area contributed by atoms with E-state index in [1.807, 2.05) is 0 Å². The van der Waals surface area contributed by atoms with E-state index >= 15 is 0 Å². The summed E-state index contributed by atoms with van der Waals surface area (Å²) in [4.78, 5) is 22.2. The van der Waals surface area contributed by atoms with Crippen LogP contribution < -0.4 is 5.73 Å². The van der Waals surface area contributed by atoms with Gasteiger partial charge in [0.05, 0.1) is 5.56 Å². The minimum absolute atomic E-state index is 0.133. The van der Waals surface area contributed by atoms with Crippen LogP contribution in [0.1, 0.15) is 52.9 Å². The second kappa shape index (κ2) is 9.88. The zero-order chi connectivity index (χ0) is 23.3. The summed E-state index contributed by atoms with van der Waals surface area (Å²) < 4.78 is 0. The molecule has 0 saturated carbocycles. The Morgan fingerprint density at radius 2 is 1.75 bits per heavy atom. The maximum Gasteiger partial charge on any atom is 0.337 e. The number of thioether (sulfide) groups is 1. The normalized spacial score (nSPS) is 13.8. The van der Waals surface area contributed by atoms with E-state index in [-0.39, 0.29) is 11.0 Å². The molecule has 32 heavy (non-hydrogen) atoms. The third-order valence-corrected chi connectivity index (χ3v) is 6.19. The molecule has 4 rings (SSSR count). The number of nitrogens with two attached hydrogens (primary N) is 1. The van der Waals surface area contributed by atoms with Gasteiger partial charge in [0.1, 0.15) is 0 Å². The summed E-state index contributed by atoms with van der Waals surface area (Å²) in [5.41, 5.74) is 13.2. The van der Waals surface area contributed by atoms with Crippen molar-refractivity contribution in [3.8, 4) is 0 Å². The minimum Gasteiger partial charge on any atom is -0.478 e. The van der Waals surface area contributed by atoms with Crippen LogP contribution in [0.2, 0.25) is 0 Å². The third kappa shape index (κ3) is 5.29. The average Bonchev–Trinajstić information content (AvgIpc) is 2.75. The first-order valence-corrected chi connectivity index (χ1v) is 11.2. The molecule has 164 valence electrons. The second-order valence-corrected chi connectivity index (χ2v) is 9.29. The molecule has 0 spiro atoms. The molecular formula is C27H27NO3S. The third-order valence-electron chi connectivity index (χ3n) is 5.56. The summed E-state index contributed by atoms with van der Waals surface area (Å²) in [6.07, 6.45) is 3.37. The van der Waals surface area contributed by atoms with Gasteiger partial charge in [-0.1, -0.05) is 79.7 Å². The summed E-state index contributed by atoms with van der Waals surface area (Å²) in [6, 6.07) is 21.4. The Labute approximate surface area is 193 Å². The van der Waals surface area contributed by atoms with E-state index < -0.39 is 5.97 Å². The lowest BCUT2D eigenvalue weighted by atomic mass is 9.72. The molecule has 0 unspecified atom stereocenters. The summed E-state index contributed by atoms with van der Waals surface area (Å²) >= 11 is 1.24. The number of carbonyl (C=O) groups is 2. The zero-order valence-electron chi connectivity index (χ0n) is 18.5. The van der Waals surface area contributed by atoms with Gasteiger partial charge < -0.3 is 10.8 Å². The Balaban J connectivity index is 0.000000243. The first-order chi connectivity index (χ1) is 15.2. The predicted molar refractivity (Wildman–Crippen MR) is 133 cm³/mol. The molecular weight excluding hydrogens is 418 g/mol. The number of aromatic carboxylic acids is 1. The van der Waals surface area contributed by atoms with Crippen LogP contribution in [0.5, 0.6) is 0 Å². The van der Waals surface area contributed by atoms with Crippen molar-refractivity contribution >= 4 is 34.6 Å². The largest absolute Gasteiger partial charge is 0.478 e. The highest BCUT2D eigenvalue weighted by molar-refractivity contribution is 8.11. The average molecular weight is 446 g/mol. The highest BCUT2D eigenvalue weighted by atomic mass is 32.2. The van der Waals surface area contributed by atoms with Gasteiger partial charge in [-0.25, -0.2) is 4.79 Å². The molecule has 5 heteroatoms. The number of carboxylic acids is 1. The van der Waals surface area contributed by atoms with Crippen LogP contribution in [0, 0.1) is 6.92 Å². The lowest BCUT2D eigenvalue weighted by Gasteiger charge is -2.32. The SMILES string of the molecule is Cc1ccc(C2=CCC(C)(C)c3ccc(SC=O)cc32)cc1.Nc1ccccc1C(=O)O. The molecule has 0 heterocycles. The van der Waals surface area contributed by atoms with Crippen LogP contribution in [-0.2, 0) is 10.2 Å². The first-order valence-electron chi connectivity index (χ1n) is 10.3. The summed E-state index contributed by atoms with van der Waals surface area (Å²) in [5, 5.41) is 8.49. The van der Waals surface area contributed by atoms with E-state index in [2.05, 4.69) is 69.3 Å². The summed E-state index contributed by atoms with van der Waals surface area (Å²) in [7, 11) is 0. The topological polar surface area (TPSA) is 80.4 Å². The summed E-state index contributed by atoms with van der Waals surface area (Å²) in [5.74, 6) is -0.988. The molecule has 0 aliphatic heterocycles. The van der Waals surface area contributed by atoms with Crippen molar-refractivity contribution in [2.24, 2.45) is 0 Å². The van der Waals surface area contributed by atoms with Crippen LogP contribution in [0.4, 0.5) is 5.69 Å². The molecule has 1 aliphatic rings. The number of fused-ring (bicyclic) bond motifs is 1. The number of aryl methyl sites for hydroxylation is 1. The maximum absolute atomic E-state index is 10.8. The van der Waals surface area contributed by atoms with Crippen LogP contribution in [0.15, 0.2) is 77.7 Å². The lowest BCUT2D eigenvalue weighted by molar-refractivity contribution is 0.0698. The molecule has 0 saturated heterocycles. The molecule has 0 fully saturated rings. The van der Waals surface area contributed by atoms with Gasteiger partial charge in [-0.3, -0.25) is 4.79 Å². The van der Waals surface area contributed by atoms with Gasteiger partial charge in [0, 0.05) is 10.6 Å². The Morgan fingerprint density at radius 3 is 2.34 bits per heavy atom.